The minimum Gasteiger partial charge on any atom is -0.487 e. The molecular formula is C16H22N2O2S. The van der Waals surface area contributed by atoms with Crippen molar-refractivity contribution in [1.82, 2.24) is 0 Å². The zero-order valence-electron chi connectivity index (χ0n) is 12.1. The van der Waals surface area contributed by atoms with E-state index < -0.39 is 0 Å². The lowest BCUT2D eigenvalue weighted by Crippen LogP contribution is -2.18. The predicted octanol–water partition coefficient (Wildman–Crippen LogP) is 3.26. The van der Waals surface area contributed by atoms with Gasteiger partial charge in [-0.2, -0.15) is 0 Å². The van der Waals surface area contributed by atoms with Crippen LogP contribution in [0.15, 0.2) is 24.3 Å². The van der Waals surface area contributed by atoms with Gasteiger partial charge in [-0.25, -0.2) is 0 Å². The highest BCUT2D eigenvalue weighted by molar-refractivity contribution is 7.80. The van der Waals surface area contributed by atoms with E-state index in [1.54, 1.807) is 12.1 Å². The van der Waals surface area contributed by atoms with E-state index in [0.29, 0.717) is 23.1 Å². The van der Waals surface area contributed by atoms with Gasteiger partial charge < -0.3 is 15.8 Å². The largest absolute Gasteiger partial charge is 0.487 e. The second-order valence-electron chi connectivity index (χ2n) is 5.54. The minimum absolute atomic E-state index is 0.0960. The van der Waals surface area contributed by atoms with Crippen LogP contribution in [0.5, 0.6) is 5.75 Å². The van der Waals surface area contributed by atoms with Crippen LogP contribution in [-0.4, -0.2) is 17.5 Å². The molecule has 0 bridgehead atoms. The Balaban J connectivity index is 1.79. The third-order valence-corrected chi connectivity index (χ3v) is 3.84. The first-order valence-corrected chi connectivity index (χ1v) is 7.85. The van der Waals surface area contributed by atoms with Crippen molar-refractivity contribution in [2.75, 3.05) is 11.9 Å². The Morgan fingerprint density at radius 3 is 2.52 bits per heavy atom. The molecule has 0 spiro atoms. The SMILES string of the molecule is NC(=S)COc1ccc(NC(=O)CC2CCCCC2)cc1. The van der Waals surface area contributed by atoms with E-state index in [4.69, 9.17) is 22.7 Å². The van der Waals surface area contributed by atoms with Crippen LogP contribution in [0.25, 0.3) is 0 Å². The third kappa shape index (κ3) is 5.71. The maximum absolute atomic E-state index is 12.0. The van der Waals surface area contributed by atoms with Gasteiger partial charge in [0, 0.05) is 12.1 Å². The number of nitrogens with two attached hydrogens (primary N) is 1. The van der Waals surface area contributed by atoms with Crippen molar-refractivity contribution in [1.29, 1.82) is 0 Å². The topological polar surface area (TPSA) is 64.3 Å². The van der Waals surface area contributed by atoms with Crippen LogP contribution in [0.2, 0.25) is 0 Å². The number of amides is 1. The second kappa shape index (κ2) is 7.98. The fourth-order valence-electron chi connectivity index (χ4n) is 2.65. The predicted molar refractivity (Wildman–Crippen MR) is 88.5 cm³/mol. The summed E-state index contributed by atoms with van der Waals surface area (Å²) in [5.74, 6) is 1.33. The maximum atomic E-state index is 12.0. The van der Waals surface area contributed by atoms with Crippen LogP contribution in [-0.2, 0) is 4.79 Å². The molecule has 4 nitrogen and oxygen atoms in total. The highest BCUT2D eigenvalue weighted by Gasteiger charge is 2.16. The van der Waals surface area contributed by atoms with Gasteiger partial charge in [0.2, 0.25) is 5.91 Å². The summed E-state index contributed by atoms with van der Waals surface area (Å²) in [5, 5.41) is 2.94. The van der Waals surface area contributed by atoms with Gasteiger partial charge in [-0.15, -0.1) is 0 Å². The summed E-state index contributed by atoms with van der Waals surface area (Å²) in [4.78, 5) is 12.3. The number of hydrogen-bond donors (Lipinski definition) is 2. The number of anilines is 1. The van der Waals surface area contributed by atoms with Gasteiger partial charge in [-0.3, -0.25) is 4.79 Å². The van der Waals surface area contributed by atoms with Crippen molar-refractivity contribution in [3.8, 4) is 5.75 Å². The number of rotatable bonds is 6. The highest BCUT2D eigenvalue weighted by Crippen LogP contribution is 2.26. The molecule has 114 valence electrons. The number of carbonyl (C=O) groups excluding carboxylic acids is 1. The van der Waals surface area contributed by atoms with E-state index in [1.807, 2.05) is 12.1 Å². The highest BCUT2D eigenvalue weighted by atomic mass is 32.1. The molecule has 21 heavy (non-hydrogen) atoms. The molecule has 0 heterocycles. The Hall–Kier alpha value is -1.62. The molecule has 5 heteroatoms. The molecule has 1 aromatic carbocycles. The maximum Gasteiger partial charge on any atom is 0.224 e. The molecule has 0 saturated heterocycles. The van der Waals surface area contributed by atoms with Crippen LogP contribution < -0.4 is 15.8 Å². The van der Waals surface area contributed by atoms with Crippen LogP contribution in [0.3, 0.4) is 0 Å². The summed E-state index contributed by atoms with van der Waals surface area (Å²) in [6, 6.07) is 7.25. The first-order chi connectivity index (χ1) is 10.1. The molecule has 1 amide bonds. The quantitative estimate of drug-likeness (QED) is 0.792. The van der Waals surface area contributed by atoms with E-state index in [2.05, 4.69) is 5.32 Å². The zero-order chi connectivity index (χ0) is 15.1. The van der Waals surface area contributed by atoms with Gasteiger partial charge >= 0.3 is 0 Å². The number of ether oxygens (including phenoxy) is 1. The summed E-state index contributed by atoms with van der Waals surface area (Å²) in [7, 11) is 0. The van der Waals surface area contributed by atoms with Crippen molar-refractivity contribution in [2.45, 2.75) is 38.5 Å². The van der Waals surface area contributed by atoms with Crippen LogP contribution in [0.4, 0.5) is 5.69 Å². The van der Waals surface area contributed by atoms with Crippen molar-refractivity contribution < 1.29 is 9.53 Å². The minimum atomic E-state index is 0.0960. The smallest absolute Gasteiger partial charge is 0.224 e. The van der Waals surface area contributed by atoms with E-state index >= 15 is 0 Å². The molecule has 0 atom stereocenters. The molecule has 1 aliphatic rings. The molecule has 1 saturated carbocycles. The first-order valence-electron chi connectivity index (χ1n) is 7.44. The van der Waals surface area contributed by atoms with E-state index in [1.165, 1.54) is 32.1 Å². The Bertz CT molecular complexity index is 482. The van der Waals surface area contributed by atoms with Crippen LogP contribution in [0.1, 0.15) is 38.5 Å². The molecule has 0 radical (unpaired) electrons. The molecule has 0 aromatic heterocycles. The van der Waals surface area contributed by atoms with E-state index in [-0.39, 0.29) is 12.5 Å². The Morgan fingerprint density at radius 2 is 1.90 bits per heavy atom. The molecule has 0 aliphatic heterocycles. The summed E-state index contributed by atoms with van der Waals surface area (Å²) in [6.45, 7) is 0.225. The van der Waals surface area contributed by atoms with Gasteiger partial charge in [-0.05, 0) is 43.0 Å². The number of nitrogens with one attached hydrogen (secondary N) is 1. The molecule has 1 fully saturated rings. The Kier molecular flexibility index (Phi) is 5.99. The standard InChI is InChI=1S/C16H22N2O2S/c17-15(21)11-20-14-8-6-13(7-9-14)18-16(19)10-12-4-2-1-3-5-12/h6-9,12H,1-5,10-11H2,(H2,17,21)(H,18,19). The van der Waals surface area contributed by atoms with Gasteiger partial charge in [0.15, 0.2) is 0 Å². The lowest BCUT2D eigenvalue weighted by atomic mass is 9.87. The Morgan fingerprint density at radius 1 is 1.24 bits per heavy atom. The Labute approximate surface area is 131 Å². The van der Waals surface area contributed by atoms with Gasteiger partial charge in [0.05, 0.1) is 0 Å². The number of hydrogen-bond acceptors (Lipinski definition) is 3. The van der Waals surface area contributed by atoms with Crippen molar-refractivity contribution in [3.63, 3.8) is 0 Å². The fraction of sp³-hybridized carbons (Fsp3) is 0.500. The van der Waals surface area contributed by atoms with Gasteiger partial charge in [0.25, 0.3) is 0 Å². The normalized spacial score (nSPS) is 15.4. The fourth-order valence-corrected chi connectivity index (χ4v) is 2.71. The summed E-state index contributed by atoms with van der Waals surface area (Å²) in [5.41, 5.74) is 6.16. The van der Waals surface area contributed by atoms with Gasteiger partial charge in [0.1, 0.15) is 17.3 Å². The number of carbonyl (C=O) groups is 1. The lowest BCUT2D eigenvalue weighted by Gasteiger charge is -2.20. The molecule has 1 aromatic rings. The number of thiocarbonyl (C=S) groups is 1. The lowest BCUT2D eigenvalue weighted by molar-refractivity contribution is -0.117. The van der Waals surface area contributed by atoms with E-state index in [0.717, 1.165) is 5.69 Å². The molecule has 1 aliphatic carbocycles. The van der Waals surface area contributed by atoms with Crippen molar-refractivity contribution >= 4 is 28.8 Å². The molecular weight excluding hydrogens is 284 g/mol. The van der Waals surface area contributed by atoms with E-state index in [9.17, 15) is 4.79 Å². The third-order valence-electron chi connectivity index (χ3n) is 3.72. The molecule has 0 unspecified atom stereocenters. The average Bonchev–Trinajstić information content (AvgIpc) is 2.47. The number of benzene rings is 1. The van der Waals surface area contributed by atoms with Gasteiger partial charge in [-0.1, -0.05) is 31.5 Å². The first kappa shape index (κ1) is 15.8. The zero-order valence-corrected chi connectivity index (χ0v) is 13.0. The van der Waals surface area contributed by atoms with Crippen LogP contribution in [0, 0.1) is 5.92 Å². The molecule has 3 N–H and O–H groups in total. The average molecular weight is 306 g/mol. The van der Waals surface area contributed by atoms with Crippen molar-refractivity contribution in [2.24, 2.45) is 11.7 Å². The monoisotopic (exact) mass is 306 g/mol. The summed E-state index contributed by atoms with van der Waals surface area (Å²) >= 11 is 4.75. The summed E-state index contributed by atoms with van der Waals surface area (Å²) < 4.78 is 5.37. The van der Waals surface area contributed by atoms with Crippen molar-refractivity contribution in [3.05, 3.63) is 24.3 Å². The molecule has 2 rings (SSSR count). The van der Waals surface area contributed by atoms with Crippen LogP contribution >= 0.6 is 12.2 Å². The summed E-state index contributed by atoms with van der Waals surface area (Å²) in [6.07, 6.45) is 6.81. The second-order valence-corrected chi connectivity index (χ2v) is 6.06.